The van der Waals surface area contributed by atoms with Crippen molar-refractivity contribution in [1.82, 2.24) is 0 Å². The number of nitrogens with two attached hydrogens (primary N) is 1. The number of hydrogen-bond donors (Lipinski definition) is 1. The molecule has 0 fully saturated rings. The van der Waals surface area contributed by atoms with Gasteiger partial charge in [-0.1, -0.05) is 35.9 Å². The fourth-order valence-corrected chi connectivity index (χ4v) is 2.93. The number of aryl methyl sites for hydroxylation is 2. The van der Waals surface area contributed by atoms with E-state index >= 15 is 0 Å². The van der Waals surface area contributed by atoms with Crippen LogP contribution < -0.4 is 5.73 Å². The Kier molecular flexibility index (Phi) is 8.00. The Morgan fingerprint density at radius 2 is 1.74 bits per heavy atom. The minimum atomic E-state index is -0.344. The number of hydrogen-bond acceptors (Lipinski definition) is 2. The lowest BCUT2D eigenvalue weighted by Gasteiger charge is -2.20. The fourth-order valence-electron chi connectivity index (χ4n) is 2.71. The molecular formula is C18H22Cl2FNO. The topological polar surface area (TPSA) is 35.2 Å². The van der Waals surface area contributed by atoms with Crippen molar-refractivity contribution in [3.63, 3.8) is 0 Å². The lowest BCUT2D eigenvalue weighted by atomic mass is 9.91. The summed E-state index contributed by atoms with van der Waals surface area (Å²) in [6.45, 7) is 5.20. The van der Waals surface area contributed by atoms with Gasteiger partial charge in [0, 0.05) is 23.0 Å². The van der Waals surface area contributed by atoms with Crippen LogP contribution in [0.5, 0.6) is 0 Å². The maximum absolute atomic E-state index is 13.7. The third-order valence-corrected chi connectivity index (χ3v) is 4.22. The standard InChI is InChI=1S/C18H21ClFNO.ClH/c1-12-5-3-6-13(2)18(12)14(9-21)10-22-11-15-16(19)7-4-8-17(15)20;/h3-8,14H,9-11,21H2,1-2H3;1H. The minimum absolute atomic E-state index is 0. The number of ether oxygens (including phenoxy) is 1. The second-order valence-electron chi connectivity index (χ2n) is 5.45. The van der Waals surface area contributed by atoms with E-state index in [2.05, 4.69) is 26.0 Å². The number of benzene rings is 2. The first-order chi connectivity index (χ1) is 10.5. The van der Waals surface area contributed by atoms with E-state index in [-0.39, 0.29) is 30.7 Å². The summed E-state index contributed by atoms with van der Waals surface area (Å²) >= 11 is 6.00. The zero-order valence-electron chi connectivity index (χ0n) is 13.3. The Bertz CT molecular complexity index is 608. The Labute approximate surface area is 148 Å². The first kappa shape index (κ1) is 19.9. The highest BCUT2D eigenvalue weighted by Gasteiger charge is 2.16. The molecule has 5 heteroatoms. The smallest absolute Gasteiger partial charge is 0.130 e. The molecule has 1 atom stereocenters. The van der Waals surface area contributed by atoms with Gasteiger partial charge in [-0.3, -0.25) is 0 Å². The third-order valence-electron chi connectivity index (χ3n) is 3.86. The van der Waals surface area contributed by atoms with Gasteiger partial charge in [-0.15, -0.1) is 12.4 Å². The molecule has 0 heterocycles. The molecule has 0 aromatic heterocycles. The van der Waals surface area contributed by atoms with Crippen LogP contribution in [0.1, 0.15) is 28.2 Å². The molecule has 1 unspecified atom stereocenters. The van der Waals surface area contributed by atoms with Gasteiger partial charge < -0.3 is 10.5 Å². The summed E-state index contributed by atoms with van der Waals surface area (Å²) in [5.74, 6) is -0.254. The zero-order chi connectivity index (χ0) is 16.1. The molecule has 0 amide bonds. The molecule has 126 valence electrons. The van der Waals surface area contributed by atoms with Crippen LogP contribution in [-0.4, -0.2) is 13.2 Å². The summed E-state index contributed by atoms with van der Waals surface area (Å²) < 4.78 is 19.4. The molecule has 0 radical (unpaired) electrons. The van der Waals surface area contributed by atoms with Crippen molar-refractivity contribution in [2.45, 2.75) is 26.4 Å². The van der Waals surface area contributed by atoms with Gasteiger partial charge in [0.2, 0.25) is 0 Å². The lowest BCUT2D eigenvalue weighted by Crippen LogP contribution is -2.20. The summed E-state index contributed by atoms with van der Waals surface area (Å²) in [4.78, 5) is 0. The maximum atomic E-state index is 13.7. The Morgan fingerprint density at radius 1 is 1.13 bits per heavy atom. The summed E-state index contributed by atoms with van der Waals surface area (Å²) in [6, 6.07) is 10.8. The quantitative estimate of drug-likeness (QED) is 0.807. The van der Waals surface area contributed by atoms with Gasteiger partial charge in [0.25, 0.3) is 0 Å². The Morgan fingerprint density at radius 3 is 2.30 bits per heavy atom. The summed E-state index contributed by atoms with van der Waals surface area (Å²) in [7, 11) is 0. The predicted molar refractivity (Wildman–Crippen MR) is 96.0 cm³/mol. The molecular weight excluding hydrogens is 336 g/mol. The van der Waals surface area contributed by atoms with E-state index < -0.39 is 0 Å². The molecule has 0 saturated heterocycles. The Hall–Kier alpha value is -1.13. The van der Waals surface area contributed by atoms with Crippen LogP contribution in [0.3, 0.4) is 0 Å². The Balaban J connectivity index is 0.00000264. The lowest BCUT2D eigenvalue weighted by molar-refractivity contribution is 0.106. The summed E-state index contributed by atoms with van der Waals surface area (Å²) in [5, 5.41) is 0.386. The highest BCUT2D eigenvalue weighted by atomic mass is 35.5. The van der Waals surface area contributed by atoms with E-state index in [0.717, 1.165) is 0 Å². The van der Waals surface area contributed by atoms with Crippen LogP contribution in [0.15, 0.2) is 36.4 Å². The number of rotatable bonds is 6. The molecule has 2 nitrogen and oxygen atoms in total. The molecule has 0 bridgehead atoms. The summed E-state index contributed by atoms with van der Waals surface area (Å²) in [5.41, 5.74) is 9.90. The van der Waals surface area contributed by atoms with Gasteiger partial charge >= 0.3 is 0 Å². The molecule has 0 aliphatic heterocycles. The van der Waals surface area contributed by atoms with Crippen molar-refractivity contribution in [2.24, 2.45) is 5.73 Å². The van der Waals surface area contributed by atoms with Gasteiger partial charge in [0.1, 0.15) is 5.82 Å². The normalized spacial score (nSPS) is 11.9. The molecule has 0 saturated carbocycles. The molecule has 0 aliphatic rings. The predicted octanol–water partition coefficient (Wildman–Crippen LogP) is 4.78. The highest BCUT2D eigenvalue weighted by Crippen LogP contribution is 2.25. The number of halogens is 3. The highest BCUT2D eigenvalue weighted by molar-refractivity contribution is 6.31. The average molecular weight is 358 g/mol. The van der Waals surface area contributed by atoms with Gasteiger partial charge in [-0.05, 0) is 42.7 Å². The maximum Gasteiger partial charge on any atom is 0.130 e. The van der Waals surface area contributed by atoms with Gasteiger partial charge in [0.05, 0.1) is 13.2 Å². The van der Waals surface area contributed by atoms with E-state index in [9.17, 15) is 4.39 Å². The molecule has 0 aliphatic carbocycles. The van der Waals surface area contributed by atoms with Crippen LogP contribution in [0.25, 0.3) is 0 Å². The fraction of sp³-hybridized carbons (Fsp3) is 0.333. The van der Waals surface area contributed by atoms with Crippen molar-refractivity contribution in [3.05, 3.63) is 69.5 Å². The molecule has 2 aromatic carbocycles. The van der Waals surface area contributed by atoms with E-state index in [4.69, 9.17) is 22.1 Å². The molecule has 0 spiro atoms. The minimum Gasteiger partial charge on any atom is -0.376 e. The second-order valence-corrected chi connectivity index (χ2v) is 5.86. The van der Waals surface area contributed by atoms with E-state index in [1.807, 2.05) is 6.07 Å². The van der Waals surface area contributed by atoms with Crippen molar-refractivity contribution in [2.75, 3.05) is 13.2 Å². The van der Waals surface area contributed by atoms with E-state index in [1.165, 1.54) is 22.8 Å². The molecule has 2 aromatic rings. The summed E-state index contributed by atoms with van der Waals surface area (Å²) in [6.07, 6.45) is 0. The van der Waals surface area contributed by atoms with Gasteiger partial charge in [0.15, 0.2) is 0 Å². The molecule has 2 rings (SSSR count). The van der Waals surface area contributed by atoms with Crippen molar-refractivity contribution >= 4 is 24.0 Å². The largest absolute Gasteiger partial charge is 0.376 e. The van der Waals surface area contributed by atoms with Crippen LogP contribution in [0.4, 0.5) is 4.39 Å². The van der Waals surface area contributed by atoms with Crippen LogP contribution >= 0.6 is 24.0 Å². The van der Waals surface area contributed by atoms with Crippen molar-refractivity contribution in [3.8, 4) is 0 Å². The second kappa shape index (κ2) is 9.24. The van der Waals surface area contributed by atoms with Gasteiger partial charge in [-0.2, -0.15) is 0 Å². The van der Waals surface area contributed by atoms with E-state index in [0.29, 0.717) is 23.7 Å². The monoisotopic (exact) mass is 357 g/mol. The van der Waals surface area contributed by atoms with Crippen LogP contribution in [0.2, 0.25) is 5.02 Å². The third kappa shape index (κ3) is 4.92. The first-order valence-electron chi connectivity index (χ1n) is 7.31. The average Bonchev–Trinajstić information content (AvgIpc) is 2.48. The molecule has 23 heavy (non-hydrogen) atoms. The first-order valence-corrected chi connectivity index (χ1v) is 7.69. The molecule has 2 N–H and O–H groups in total. The van der Waals surface area contributed by atoms with Gasteiger partial charge in [-0.25, -0.2) is 4.39 Å². The SMILES string of the molecule is Cc1cccc(C)c1C(CN)COCc1c(F)cccc1Cl.Cl. The van der Waals surface area contributed by atoms with Crippen molar-refractivity contribution in [1.29, 1.82) is 0 Å². The van der Waals surface area contributed by atoms with Crippen molar-refractivity contribution < 1.29 is 9.13 Å². The van der Waals surface area contributed by atoms with Crippen LogP contribution in [0, 0.1) is 19.7 Å². The zero-order valence-corrected chi connectivity index (χ0v) is 14.9. The van der Waals surface area contributed by atoms with Crippen LogP contribution in [-0.2, 0) is 11.3 Å². The van der Waals surface area contributed by atoms with E-state index in [1.54, 1.807) is 12.1 Å².